The number of aryl methyl sites for hydroxylation is 2. The minimum absolute atomic E-state index is 0.208. The van der Waals surface area contributed by atoms with Crippen LogP contribution in [0.4, 0.5) is 19.3 Å². The zero-order chi connectivity index (χ0) is 27.8. The van der Waals surface area contributed by atoms with Gasteiger partial charge in [0.05, 0.1) is 35.3 Å². The normalized spacial score (nSPS) is 14.4. The van der Waals surface area contributed by atoms with E-state index in [1.54, 1.807) is 4.90 Å². The molecule has 40 heavy (non-hydrogen) atoms. The highest BCUT2D eigenvalue weighted by atomic mass is 19.1. The SMILES string of the molecule is CCc1ccc(C2c3cccn3-c3c(c(CC)nn3-c3ccccc3)CN2C(=O)Nc2cc(F)ccc2F)cc1. The van der Waals surface area contributed by atoms with Crippen LogP contribution in [0, 0.1) is 11.6 Å². The molecule has 0 saturated carbocycles. The Morgan fingerprint density at radius 1 is 0.950 bits per heavy atom. The highest BCUT2D eigenvalue weighted by Crippen LogP contribution is 2.39. The van der Waals surface area contributed by atoms with Gasteiger partial charge in [0.15, 0.2) is 0 Å². The molecule has 3 heterocycles. The number of halogens is 2. The number of aromatic nitrogens is 3. The quantitative estimate of drug-likeness (QED) is 0.258. The first-order chi connectivity index (χ1) is 19.5. The Kier molecular flexibility index (Phi) is 6.67. The topological polar surface area (TPSA) is 55.1 Å². The summed E-state index contributed by atoms with van der Waals surface area (Å²) in [5, 5.41) is 7.59. The van der Waals surface area contributed by atoms with Crippen LogP contribution in [0.2, 0.25) is 0 Å². The lowest BCUT2D eigenvalue weighted by molar-refractivity contribution is 0.194. The maximum atomic E-state index is 14.6. The Balaban J connectivity index is 1.55. The number of nitrogens with one attached hydrogen (secondary N) is 1. The van der Waals surface area contributed by atoms with E-state index in [4.69, 9.17) is 5.10 Å². The first kappa shape index (κ1) is 25.6. The van der Waals surface area contributed by atoms with Crippen molar-refractivity contribution in [2.75, 3.05) is 5.32 Å². The number of carbonyl (C=O) groups excluding carboxylic acids is 1. The van der Waals surface area contributed by atoms with Crippen molar-refractivity contribution in [1.29, 1.82) is 0 Å². The molecule has 1 aliphatic heterocycles. The van der Waals surface area contributed by atoms with Crippen LogP contribution in [0.5, 0.6) is 0 Å². The van der Waals surface area contributed by atoms with Gasteiger partial charge in [-0.15, -0.1) is 0 Å². The van der Waals surface area contributed by atoms with Crippen molar-refractivity contribution >= 4 is 11.7 Å². The molecule has 0 bridgehead atoms. The highest BCUT2D eigenvalue weighted by molar-refractivity contribution is 5.90. The molecular weight excluding hydrogens is 508 g/mol. The number of urea groups is 1. The number of para-hydroxylation sites is 1. The van der Waals surface area contributed by atoms with Crippen molar-refractivity contribution in [1.82, 2.24) is 19.2 Å². The van der Waals surface area contributed by atoms with Gasteiger partial charge in [-0.3, -0.25) is 0 Å². The van der Waals surface area contributed by atoms with Crippen molar-refractivity contribution in [3.63, 3.8) is 0 Å². The fourth-order valence-corrected chi connectivity index (χ4v) is 5.41. The number of hydrogen-bond acceptors (Lipinski definition) is 2. The van der Waals surface area contributed by atoms with E-state index in [2.05, 4.69) is 28.9 Å². The molecular formula is C32H29F2N5O. The van der Waals surface area contributed by atoms with E-state index in [-0.39, 0.29) is 12.2 Å². The van der Waals surface area contributed by atoms with Crippen molar-refractivity contribution in [3.8, 4) is 11.5 Å². The summed E-state index contributed by atoms with van der Waals surface area (Å²) >= 11 is 0. The second-order valence-corrected chi connectivity index (χ2v) is 9.83. The predicted molar refractivity (Wildman–Crippen MR) is 151 cm³/mol. The minimum atomic E-state index is -0.705. The third-order valence-electron chi connectivity index (χ3n) is 7.44. The van der Waals surface area contributed by atoms with Gasteiger partial charge in [0.1, 0.15) is 17.5 Å². The van der Waals surface area contributed by atoms with Gasteiger partial charge in [0.2, 0.25) is 0 Å². The highest BCUT2D eigenvalue weighted by Gasteiger charge is 2.36. The second kappa shape index (κ2) is 10.4. The smallest absolute Gasteiger partial charge is 0.307 e. The zero-order valence-corrected chi connectivity index (χ0v) is 22.3. The van der Waals surface area contributed by atoms with Crippen LogP contribution < -0.4 is 5.32 Å². The summed E-state index contributed by atoms with van der Waals surface area (Å²) < 4.78 is 32.6. The molecule has 6 nitrogen and oxygen atoms in total. The molecule has 202 valence electrons. The molecule has 5 aromatic rings. The van der Waals surface area contributed by atoms with Gasteiger partial charge >= 0.3 is 6.03 Å². The Hall–Kier alpha value is -4.72. The van der Waals surface area contributed by atoms with E-state index in [0.717, 1.165) is 58.6 Å². The van der Waals surface area contributed by atoms with Crippen molar-refractivity contribution in [3.05, 3.63) is 131 Å². The number of fused-ring (bicyclic) bond motifs is 3. The van der Waals surface area contributed by atoms with E-state index in [9.17, 15) is 13.6 Å². The van der Waals surface area contributed by atoms with Crippen LogP contribution in [0.3, 0.4) is 0 Å². The molecule has 1 aliphatic rings. The molecule has 2 aromatic heterocycles. The van der Waals surface area contributed by atoms with Crippen LogP contribution in [-0.2, 0) is 19.4 Å². The minimum Gasteiger partial charge on any atom is -0.307 e. The molecule has 2 amide bonds. The molecule has 0 aliphatic carbocycles. The molecule has 1 unspecified atom stereocenters. The van der Waals surface area contributed by atoms with Crippen LogP contribution in [-0.4, -0.2) is 25.3 Å². The summed E-state index contributed by atoms with van der Waals surface area (Å²) in [6, 6.07) is 24.0. The monoisotopic (exact) mass is 537 g/mol. The molecule has 1 N–H and O–H groups in total. The van der Waals surface area contributed by atoms with E-state index in [0.29, 0.717) is 6.42 Å². The molecule has 8 heteroatoms. The molecule has 0 radical (unpaired) electrons. The standard InChI is InChI=1S/C32H29F2N5O/c1-3-21-12-14-22(15-13-21)30-29-11-8-18-37(29)31-25(27(4-2)36-39(31)24-9-6-5-7-10-24)20-38(30)32(40)35-28-19-23(33)16-17-26(28)34/h5-19,30H,3-4,20H2,1-2H3,(H,35,40). The van der Waals surface area contributed by atoms with E-state index < -0.39 is 23.7 Å². The van der Waals surface area contributed by atoms with Crippen LogP contribution in [0.1, 0.15) is 48.0 Å². The lowest BCUT2D eigenvalue weighted by Crippen LogP contribution is -2.38. The Morgan fingerprint density at radius 3 is 2.45 bits per heavy atom. The first-order valence-corrected chi connectivity index (χ1v) is 13.4. The molecule has 0 saturated heterocycles. The van der Waals surface area contributed by atoms with E-state index >= 15 is 0 Å². The van der Waals surface area contributed by atoms with Crippen LogP contribution >= 0.6 is 0 Å². The van der Waals surface area contributed by atoms with E-state index in [1.807, 2.05) is 72.4 Å². The number of nitrogens with zero attached hydrogens (tertiary/aromatic N) is 4. The number of hydrogen-bond donors (Lipinski definition) is 1. The third kappa shape index (κ3) is 4.45. The average Bonchev–Trinajstić information content (AvgIpc) is 3.56. The summed E-state index contributed by atoms with van der Waals surface area (Å²) in [7, 11) is 0. The Bertz CT molecular complexity index is 1670. The first-order valence-electron chi connectivity index (χ1n) is 13.4. The van der Waals surface area contributed by atoms with Gasteiger partial charge in [-0.2, -0.15) is 5.10 Å². The number of benzene rings is 3. The van der Waals surface area contributed by atoms with Gasteiger partial charge in [-0.05, 0) is 60.4 Å². The summed E-state index contributed by atoms with van der Waals surface area (Å²) in [6.07, 6.45) is 3.53. The van der Waals surface area contributed by atoms with Crippen molar-refractivity contribution < 1.29 is 13.6 Å². The number of anilines is 1. The summed E-state index contributed by atoms with van der Waals surface area (Å²) in [5.41, 5.74) is 5.40. The lowest BCUT2D eigenvalue weighted by Gasteiger charge is -2.31. The maximum absolute atomic E-state index is 14.6. The predicted octanol–water partition coefficient (Wildman–Crippen LogP) is 7.20. The Morgan fingerprint density at radius 2 is 1.73 bits per heavy atom. The van der Waals surface area contributed by atoms with Crippen molar-refractivity contribution in [2.45, 2.75) is 39.3 Å². The number of rotatable bonds is 5. The maximum Gasteiger partial charge on any atom is 0.323 e. The number of carbonyl (C=O) groups is 1. The fraction of sp³-hybridized carbons (Fsp3) is 0.188. The lowest BCUT2D eigenvalue weighted by atomic mass is 9.99. The molecule has 0 fully saturated rings. The number of amides is 2. The summed E-state index contributed by atoms with van der Waals surface area (Å²) in [6.45, 7) is 4.35. The Labute approximate surface area is 231 Å². The molecule has 6 rings (SSSR count). The van der Waals surface area contributed by atoms with Gasteiger partial charge in [0, 0.05) is 17.8 Å². The largest absolute Gasteiger partial charge is 0.323 e. The van der Waals surface area contributed by atoms with Crippen LogP contribution in [0.25, 0.3) is 11.5 Å². The van der Waals surface area contributed by atoms with Crippen molar-refractivity contribution in [2.24, 2.45) is 0 Å². The fourth-order valence-electron chi connectivity index (χ4n) is 5.41. The molecule has 1 atom stereocenters. The molecule has 0 spiro atoms. The van der Waals surface area contributed by atoms with Gasteiger partial charge in [0.25, 0.3) is 0 Å². The zero-order valence-electron chi connectivity index (χ0n) is 22.3. The second-order valence-electron chi connectivity index (χ2n) is 9.83. The van der Waals surface area contributed by atoms with Gasteiger partial charge in [-0.1, -0.05) is 56.3 Å². The molecule has 3 aromatic carbocycles. The van der Waals surface area contributed by atoms with Gasteiger partial charge in [-0.25, -0.2) is 18.3 Å². The van der Waals surface area contributed by atoms with Crippen LogP contribution in [0.15, 0.2) is 91.1 Å². The third-order valence-corrected chi connectivity index (χ3v) is 7.44. The average molecular weight is 538 g/mol. The van der Waals surface area contributed by atoms with Gasteiger partial charge < -0.3 is 14.8 Å². The summed E-state index contributed by atoms with van der Waals surface area (Å²) in [5.74, 6) is -0.484. The van der Waals surface area contributed by atoms with E-state index in [1.165, 1.54) is 5.56 Å². The summed E-state index contributed by atoms with van der Waals surface area (Å²) in [4.78, 5) is 15.7.